The van der Waals surface area contributed by atoms with Crippen LogP contribution in [-0.2, 0) is 4.79 Å². The summed E-state index contributed by atoms with van der Waals surface area (Å²) in [6.07, 6.45) is 4.15. The third-order valence-electron chi connectivity index (χ3n) is 6.67. The normalized spacial score (nSPS) is 16.8. The molecule has 1 aliphatic heterocycles. The van der Waals surface area contributed by atoms with Crippen molar-refractivity contribution in [3.63, 3.8) is 0 Å². The highest BCUT2D eigenvalue weighted by Crippen LogP contribution is 2.30. The second-order valence-corrected chi connectivity index (χ2v) is 10.0. The second kappa shape index (κ2) is 10.6. The van der Waals surface area contributed by atoms with Gasteiger partial charge in [0.25, 0.3) is 0 Å². The number of nitrogens with two attached hydrogens (primary N) is 2. The van der Waals surface area contributed by atoms with E-state index in [1.807, 2.05) is 64.2 Å². The van der Waals surface area contributed by atoms with Crippen molar-refractivity contribution in [1.82, 2.24) is 24.6 Å². The molecule has 3 heterocycles. The van der Waals surface area contributed by atoms with Gasteiger partial charge in [0.2, 0.25) is 5.91 Å². The number of hydrogen-bond acceptors (Lipinski definition) is 7. The fourth-order valence-corrected chi connectivity index (χ4v) is 4.84. The smallest absolute Gasteiger partial charge is 0.239 e. The Morgan fingerprint density at radius 2 is 1.81 bits per heavy atom. The summed E-state index contributed by atoms with van der Waals surface area (Å²) in [5.41, 5.74) is 14.0. The van der Waals surface area contributed by atoms with Gasteiger partial charge in [0.1, 0.15) is 17.3 Å². The number of para-hydroxylation sites is 1. The average Bonchev–Trinajstić information content (AvgIpc) is 3.34. The van der Waals surface area contributed by atoms with Crippen molar-refractivity contribution >= 4 is 22.8 Å². The number of hydrogen-bond donors (Lipinski definition) is 2. The fraction of sp³-hybridized carbons (Fsp3) is 0.357. The van der Waals surface area contributed by atoms with Crippen molar-refractivity contribution in [2.24, 2.45) is 11.7 Å². The quantitative estimate of drug-likeness (QED) is 0.386. The summed E-state index contributed by atoms with van der Waals surface area (Å²) in [5.74, 6) is 2.75. The van der Waals surface area contributed by atoms with Crippen LogP contribution in [-0.4, -0.2) is 49.7 Å². The van der Waals surface area contributed by atoms with Crippen molar-refractivity contribution in [1.29, 1.82) is 0 Å². The number of carbonyl (C=O) groups excluding carboxylic acids is 1. The molecule has 0 unspecified atom stereocenters. The van der Waals surface area contributed by atoms with Crippen LogP contribution in [0.3, 0.4) is 0 Å². The number of rotatable bonds is 7. The number of ether oxygens (including phenoxy) is 1. The van der Waals surface area contributed by atoms with Gasteiger partial charge in [-0.1, -0.05) is 32.0 Å². The SMILES string of the molecule is CC(C)C[C@H](N)C(=O)N1CCC[C@@H](n2ncc3c(N)nc(-c4ccc(Oc5ccccc5)cc4)nc32)C1. The van der Waals surface area contributed by atoms with Gasteiger partial charge in [-0.25, -0.2) is 14.6 Å². The minimum atomic E-state index is -0.480. The zero-order valence-corrected chi connectivity index (χ0v) is 21.2. The number of nitrogen functional groups attached to an aromatic ring is 1. The summed E-state index contributed by atoms with van der Waals surface area (Å²) < 4.78 is 7.78. The molecule has 4 N–H and O–H groups in total. The Morgan fingerprint density at radius 3 is 2.54 bits per heavy atom. The van der Waals surface area contributed by atoms with Gasteiger partial charge >= 0.3 is 0 Å². The first kappa shape index (κ1) is 24.7. The number of benzene rings is 2. The summed E-state index contributed by atoms with van der Waals surface area (Å²) in [4.78, 5) is 24.2. The lowest BCUT2D eigenvalue weighted by molar-refractivity contribution is -0.134. The van der Waals surface area contributed by atoms with Crippen LogP contribution < -0.4 is 16.2 Å². The van der Waals surface area contributed by atoms with Crippen molar-refractivity contribution in [2.45, 2.75) is 45.2 Å². The van der Waals surface area contributed by atoms with Gasteiger partial charge < -0.3 is 21.1 Å². The summed E-state index contributed by atoms with van der Waals surface area (Å²) in [7, 11) is 0. The van der Waals surface area contributed by atoms with Gasteiger partial charge in [-0.05, 0) is 61.6 Å². The number of aromatic nitrogens is 4. The van der Waals surface area contributed by atoms with E-state index in [0.717, 1.165) is 29.9 Å². The molecular weight excluding hydrogens is 466 g/mol. The molecule has 0 aliphatic carbocycles. The predicted molar refractivity (Wildman–Crippen MR) is 144 cm³/mol. The minimum absolute atomic E-state index is 0.00232. The number of nitrogens with zero attached hydrogens (tertiary/aromatic N) is 5. The topological polar surface area (TPSA) is 125 Å². The number of fused-ring (bicyclic) bond motifs is 1. The highest BCUT2D eigenvalue weighted by Gasteiger charge is 2.30. The minimum Gasteiger partial charge on any atom is -0.457 e. The summed E-state index contributed by atoms with van der Waals surface area (Å²) in [6.45, 7) is 5.41. The van der Waals surface area contributed by atoms with Crippen molar-refractivity contribution < 1.29 is 9.53 Å². The molecule has 2 aromatic heterocycles. The lowest BCUT2D eigenvalue weighted by Crippen LogP contribution is -2.48. The van der Waals surface area contributed by atoms with Gasteiger partial charge in [-0.3, -0.25) is 4.79 Å². The molecule has 192 valence electrons. The van der Waals surface area contributed by atoms with E-state index < -0.39 is 6.04 Å². The summed E-state index contributed by atoms with van der Waals surface area (Å²) >= 11 is 0. The molecule has 9 heteroatoms. The van der Waals surface area contributed by atoms with E-state index >= 15 is 0 Å². The lowest BCUT2D eigenvalue weighted by atomic mass is 10.0. The molecule has 0 saturated carbocycles. The molecule has 5 rings (SSSR count). The van der Waals surface area contributed by atoms with Crippen LogP contribution in [0.25, 0.3) is 22.4 Å². The van der Waals surface area contributed by atoms with E-state index in [2.05, 4.69) is 23.9 Å². The number of piperidine rings is 1. The first-order valence-electron chi connectivity index (χ1n) is 12.8. The molecule has 1 amide bonds. The average molecular weight is 500 g/mol. The molecular formula is C28H33N7O2. The van der Waals surface area contributed by atoms with E-state index in [1.54, 1.807) is 6.20 Å². The standard InChI is InChI=1S/C28H33N7O2/c1-18(2)15-24(29)28(36)34-14-6-7-20(17-34)35-27-23(16-31-35)25(30)32-26(33-27)19-10-12-22(13-11-19)37-21-8-4-3-5-9-21/h3-5,8-13,16,18,20,24H,6-7,14-15,17,29H2,1-2H3,(H2,30,32,33)/t20-,24+/m1/s1. The molecule has 37 heavy (non-hydrogen) atoms. The van der Waals surface area contributed by atoms with Crippen LogP contribution in [0.15, 0.2) is 60.8 Å². The fourth-order valence-electron chi connectivity index (χ4n) is 4.84. The molecule has 4 aromatic rings. The van der Waals surface area contributed by atoms with E-state index in [-0.39, 0.29) is 11.9 Å². The van der Waals surface area contributed by atoms with E-state index in [4.69, 9.17) is 21.2 Å². The monoisotopic (exact) mass is 499 g/mol. The molecule has 0 radical (unpaired) electrons. The molecule has 0 bridgehead atoms. The van der Waals surface area contributed by atoms with E-state index in [0.29, 0.717) is 48.1 Å². The van der Waals surface area contributed by atoms with Crippen LogP contribution in [0.1, 0.15) is 39.2 Å². The third kappa shape index (κ3) is 5.41. The van der Waals surface area contributed by atoms with Gasteiger partial charge in [0.15, 0.2) is 11.5 Å². The van der Waals surface area contributed by atoms with Gasteiger partial charge in [-0.2, -0.15) is 5.10 Å². The molecule has 9 nitrogen and oxygen atoms in total. The number of carbonyl (C=O) groups is 1. The van der Waals surface area contributed by atoms with Crippen LogP contribution in [0.2, 0.25) is 0 Å². The predicted octanol–water partition coefficient (Wildman–Crippen LogP) is 4.40. The highest BCUT2D eigenvalue weighted by atomic mass is 16.5. The zero-order chi connectivity index (χ0) is 25.9. The van der Waals surface area contributed by atoms with Crippen molar-refractivity contribution in [3.8, 4) is 22.9 Å². The van der Waals surface area contributed by atoms with Gasteiger partial charge in [0, 0.05) is 18.7 Å². The summed E-state index contributed by atoms with van der Waals surface area (Å²) in [6, 6.07) is 16.7. The number of likely N-dealkylation sites (tertiary alicyclic amines) is 1. The zero-order valence-electron chi connectivity index (χ0n) is 21.2. The van der Waals surface area contributed by atoms with Gasteiger partial charge in [-0.15, -0.1) is 0 Å². The highest BCUT2D eigenvalue weighted by molar-refractivity contribution is 5.87. The third-order valence-corrected chi connectivity index (χ3v) is 6.67. The second-order valence-electron chi connectivity index (χ2n) is 10.0. The number of anilines is 1. The lowest BCUT2D eigenvalue weighted by Gasteiger charge is -2.34. The van der Waals surface area contributed by atoms with E-state index in [9.17, 15) is 4.79 Å². The molecule has 0 spiro atoms. The van der Waals surface area contributed by atoms with Crippen molar-refractivity contribution in [2.75, 3.05) is 18.8 Å². The summed E-state index contributed by atoms with van der Waals surface area (Å²) in [5, 5.41) is 5.31. The first-order chi connectivity index (χ1) is 17.9. The molecule has 2 aromatic carbocycles. The molecule has 1 aliphatic rings. The van der Waals surface area contributed by atoms with Crippen LogP contribution >= 0.6 is 0 Å². The van der Waals surface area contributed by atoms with Gasteiger partial charge in [0.05, 0.1) is 23.7 Å². The maximum atomic E-state index is 13.0. The Bertz CT molecular complexity index is 1370. The maximum absolute atomic E-state index is 13.0. The number of amides is 1. The molecule has 1 saturated heterocycles. The van der Waals surface area contributed by atoms with Crippen LogP contribution in [0.4, 0.5) is 5.82 Å². The molecule has 1 fully saturated rings. The Hall–Kier alpha value is -3.98. The van der Waals surface area contributed by atoms with Crippen LogP contribution in [0.5, 0.6) is 11.5 Å². The van der Waals surface area contributed by atoms with Crippen LogP contribution in [0, 0.1) is 5.92 Å². The largest absolute Gasteiger partial charge is 0.457 e. The maximum Gasteiger partial charge on any atom is 0.239 e. The Kier molecular flexibility index (Phi) is 7.05. The Labute approximate surface area is 216 Å². The Balaban J connectivity index is 1.38. The van der Waals surface area contributed by atoms with Crippen molar-refractivity contribution in [3.05, 3.63) is 60.8 Å². The van der Waals surface area contributed by atoms with E-state index in [1.165, 1.54) is 0 Å². The Morgan fingerprint density at radius 1 is 1.08 bits per heavy atom. The molecule has 2 atom stereocenters. The first-order valence-corrected chi connectivity index (χ1v) is 12.8.